The first-order valence-corrected chi connectivity index (χ1v) is 9.53. The molecule has 1 amide bonds. The van der Waals surface area contributed by atoms with E-state index in [1.165, 1.54) is 12.5 Å². The van der Waals surface area contributed by atoms with Crippen LogP contribution >= 0.6 is 0 Å². The van der Waals surface area contributed by atoms with Gasteiger partial charge in [0.25, 0.3) is 0 Å². The number of ether oxygens (including phenoxy) is 1. The van der Waals surface area contributed by atoms with Crippen LogP contribution in [0, 0.1) is 5.82 Å². The van der Waals surface area contributed by atoms with Gasteiger partial charge in [-0.2, -0.15) is 0 Å². The third-order valence-corrected chi connectivity index (χ3v) is 5.63. The Bertz CT molecular complexity index is 631. The minimum Gasteiger partial charge on any atom is -0.389 e. The number of hydrogen-bond donors (Lipinski definition) is 2. The van der Waals surface area contributed by atoms with Crippen molar-refractivity contribution in [2.75, 3.05) is 33.4 Å². The van der Waals surface area contributed by atoms with Crippen LogP contribution in [0.15, 0.2) is 18.2 Å². The maximum atomic E-state index is 14.4. The molecule has 1 unspecified atom stereocenters. The second kappa shape index (κ2) is 8.46. The van der Waals surface area contributed by atoms with Crippen molar-refractivity contribution in [3.63, 3.8) is 0 Å². The summed E-state index contributed by atoms with van der Waals surface area (Å²) in [5, 5.41) is 13.7. The number of halogens is 1. The van der Waals surface area contributed by atoms with Crippen molar-refractivity contribution in [2.24, 2.45) is 0 Å². The summed E-state index contributed by atoms with van der Waals surface area (Å²) in [4.78, 5) is 14.5. The molecule has 0 saturated heterocycles. The van der Waals surface area contributed by atoms with Crippen molar-refractivity contribution in [1.82, 2.24) is 10.2 Å². The molecule has 0 radical (unpaired) electrons. The highest BCUT2D eigenvalue weighted by molar-refractivity contribution is 5.79. The van der Waals surface area contributed by atoms with Crippen molar-refractivity contribution >= 4 is 5.91 Å². The molecular formula is C20H29FN2O3. The summed E-state index contributed by atoms with van der Waals surface area (Å²) in [7, 11) is 1.56. The Morgan fingerprint density at radius 1 is 1.38 bits per heavy atom. The van der Waals surface area contributed by atoms with E-state index in [2.05, 4.69) is 5.32 Å². The molecule has 2 aliphatic rings. The van der Waals surface area contributed by atoms with Gasteiger partial charge >= 0.3 is 0 Å². The molecule has 1 aromatic carbocycles. The molecule has 1 aliphatic carbocycles. The Morgan fingerprint density at radius 3 is 2.88 bits per heavy atom. The van der Waals surface area contributed by atoms with Gasteiger partial charge in [-0.05, 0) is 30.9 Å². The first-order chi connectivity index (χ1) is 12.5. The summed E-state index contributed by atoms with van der Waals surface area (Å²) in [5.74, 6) is -0.369. The van der Waals surface area contributed by atoms with E-state index < -0.39 is 11.6 Å². The molecule has 6 heteroatoms. The Morgan fingerprint density at radius 2 is 2.15 bits per heavy atom. The van der Waals surface area contributed by atoms with Crippen molar-refractivity contribution in [1.29, 1.82) is 0 Å². The van der Waals surface area contributed by atoms with Crippen LogP contribution in [0.3, 0.4) is 0 Å². The molecule has 5 nitrogen and oxygen atoms in total. The van der Waals surface area contributed by atoms with Gasteiger partial charge in [-0.15, -0.1) is 0 Å². The average Bonchev–Trinajstić information content (AvgIpc) is 2.62. The number of methoxy groups -OCH3 is 1. The maximum Gasteiger partial charge on any atom is 0.237 e. The van der Waals surface area contributed by atoms with E-state index in [0.717, 1.165) is 31.2 Å². The molecule has 2 N–H and O–H groups in total. The van der Waals surface area contributed by atoms with Gasteiger partial charge in [0.15, 0.2) is 0 Å². The van der Waals surface area contributed by atoms with Crippen molar-refractivity contribution in [3.05, 3.63) is 35.1 Å². The number of nitrogens with zero attached hydrogens (tertiary/aromatic N) is 1. The fourth-order valence-electron chi connectivity index (χ4n) is 4.25. The number of carbonyl (C=O) groups is 1. The summed E-state index contributed by atoms with van der Waals surface area (Å²) >= 11 is 0. The molecule has 1 fully saturated rings. The van der Waals surface area contributed by atoms with Gasteiger partial charge < -0.3 is 20.1 Å². The number of carbonyl (C=O) groups excluding carboxylic acids is 1. The number of benzene rings is 1. The Hall–Kier alpha value is -1.50. The molecule has 1 atom stereocenters. The van der Waals surface area contributed by atoms with E-state index in [9.17, 15) is 14.3 Å². The van der Waals surface area contributed by atoms with Gasteiger partial charge in [-0.25, -0.2) is 4.39 Å². The Balaban J connectivity index is 1.63. The highest BCUT2D eigenvalue weighted by Crippen LogP contribution is 2.32. The molecule has 1 aliphatic heterocycles. The highest BCUT2D eigenvalue weighted by Gasteiger charge is 2.33. The number of fused-ring (bicyclic) bond motifs is 1. The highest BCUT2D eigenvalue weighted by atomic mass is 19.1. The molecule has 0 bridgehead atoms. The van der Waals surface area contributed by atoms with E-state index in [-0.39, 0.29) is 24.9 Å². The molecule has 1 heterocycles. The van der Waals surface area contributed by atoms with Gasteiger partial charge in [0, 0.05) is 25.8 Å². The summed E-state index contributed by atoms with van der Waals surface area (Å²) in [6, 6.07) is 4.66. The molecule has 3 rings (SSSR count). The minimum atomic E-state index is -0.703. The number of amides is 1. The molecule has 26 heavy (non-hydrogen) atoms. The lowest BCUT2D eigenvalue weighted by Crippen LogP contribution is -2.49. The van der Waals surface area contributed by atoms with E-state index >= 15 is 0 Å². The van der Waals surface area contributed by atoms with E-state index in [4.69, 9.17) is 4.74 Å². The van der Waals surface area contributed by atoms with Gasteiger partial charge in [0.1, 0.15) is 5.82 Å². The second-order valence-corrected chi connectivity index (χ2v) is 7.51. The lowest BCUT2D eigenvalue weighted by molar-refractivity contribution is -0.134. The third kappa shape index (κ3) is 4.24. The van der Waals surface area contributed by atoms with Crippen LogP contribution in [0.5, 0.6) is 0 Å². The predicted octanol–water partition coefficient (Wildman–Crippen LogP) is 2.18. The Kier molecular flexibility index (Phi) is 6.27. The summed E-state index contributed by atoms with van der Waals surface area (Å²) in [5.41, 5.74) is 0.811. The van der Waals surface area contributed by atoms with Gasteiger partial charge in [0.2, 0.25) is 5.91 Å². The molecule has 144 valence electrons. The maximum absolute atomic E-state index is 14.4. The van der Waals surface area contributed by atoms with Crippen LogP contribution in [0.25, 0.3) is 0 Å². The molecular weight excluding hydrogens is 335 g/mol. The largest absolute Gasteiger partial charge is 0.389 e. The monoisotopic (exact) mass is 364 g/mol. The first kappa shape index (κ1) is 19.3. The molecule has 1 saturated carbocycles. The standard InChI is InChI=1S/C20H29FN2O3/c1-26-13-17-19-15(6-5-7-16(19)21)8-11-23(17)18(24)12-22-14-20(25)9-3-2-4-10-20/h5-7,17,22,25H,2-4,8-14H2,1H3. The van der Waals surface area contributed by atoms with Crippen molar-refractivity contribution in [2.45, 2.75) is 50.2 Å². The van der Waals surface area contributed by atoms with Gasteiger partial charge in [-0.1, -0.05) is 31.4 Å². The summed E-state index contributed by atoms with van der Waals surface area (Å²) in [6.07, 6.45) is 5.43. The van der Waals surface area contributed by atoms with Crippen LogP contribution in [0.4, 0.5) is 4.39 Å². The van der Waals surface area contributed by atoms with Crippen molar-refractivity contribution in [3.8, 4) is 0 Å². The van der Waals surface area contributed by atoms with Crippen LogP contribution < -0.4 is 5.32 Å². The zero-order chi connectivity index (χ0) is 18.6. The fraction of sp³-hybridized carbons (Fsp3) is 0.650. The fourth-order valence-corrected chi connectivity index (χ4v) is 4.25. The SMILES string of the molecule is COCC1c2c(F)cccc2CCN1C(=O)CNCC1(O)CCCCC1. The number of rotatable bonds is 6. The molecule has 1 aromatic rings. The van der Waals surface area contributed by atoms with Crippen LogP contribution in [-0.4, -0.2) is 54.9 Å². The lowest BCUT2D eigenvalue weighted by atomic mass is 9.85. The molecule has 0 aromatic heterocycles. The van der Waals surface area contributed by atoms with E-state index in [1.54, 1.807) is 18.1 Å². The number of aliphatic hydroxyl groups is 1. The summed E-state index contributed by atoms with van der Waals surface area (Å²) in [6.45, 7) is 1.39. The van der Waals surface area contributed by atoms with Crippen molar-refractivity contribution < 1.29 is 19.0 Å². The molecule has 0 spiro atoms. The van der Waals surface area contributed by atoms with Gasteiger partial charge in [0.05, 0.1) is 24.8 Å². The first-order valence-electron chi connectivity index (χ1n) is 9.53. The number of nitrogens with one attached hydrogen (secondary N) is 1. The average molecular weight is 364 g/mol. The quantitative estimate of drug-likeness (QED) is 0.812. The van der Waals surface area contributed by atoms with Crippen LogP contribution in [0.2, 0.25) is 0 Å². The van der Waals surface area contributed by atoms with Crippen LogP contribution in [0.1, 0.15) is 49.3 Å². The third-order valence-electron chi connectivity index (χ3n) is 5.63. The second-order valence-electron chi connectivity index (χ2n) is 7.51. The zero-order valence-electron chi connectivity index (χ0n) is 15.5. The minimum absolute atomic E-state index is 0.0830. The topological polar surface area (TPSA) is 61.8 Å². The predicted molar refractivity (Wildman–Crippen MR) is 97.3 cm³/mol. The number of hydrogen-bond acceptors (Lipinski definition) is 4. The van der Waals surface area contributed by atoms with E-state index in [1.807, 2.05) is 6.07 Å². The lowest BCUT2D eigenvalue weighted by Gasteiger charge is -2.38. The Labute approximate surface area is 154 Å². The summed E-state index contributed by atoms with van der Waals surface area (Å²) < 4.78 is 19.7. The van der Waals surface area contributed by atoms with Crippen LogP contribution in [-0.2, 0) is 16.0 Å². The normalized spacial score (nSPS) is 22.1. The van der Waals surface area contributed by atoms with Gasteiger partial charge in [-0.3, -0.25) is 4.79 Å². The smallest absolute Gasteiger partial charge is 0.237 e. The van der Waals surface area contributed by atoms with E-state index in [0.29, 0.717) is 25.1 Å². The zero-order valence-corrected chi connectivity index (χ0v) is 15.5.